The summed E-state index contributed by atoms with van der Waals surface area (Å²) in [4.78, 5) is 128. The molecule has 706 valence electrons. The third kappa shape index (κ3) is 31.9. The second-order valence-electron chi connectivity index (χ2n) is 27.8. The molecule has 0 atom stereocenters. The molecule has 0 amide bonds. The summed E-state index contributed by atoms with van der Waals surface area (Å²) in [5, 5.41) is 98.7. The minimum Gasteiger partial charge on any atom is -0.468 e. The molecule has 0 aliphatic rings. The van der Waals surface area contributed by atoms with Gasteiger partial charge >= 0.3 is 19.1 Å². The first kappa shape index (κ1) is 110. The van der Waals surface area contributed by atoms with E-state index in [9.17, 15) is 80.0 Å². The molecule has 42 nitrogen and oxygen atoms in total. The van der Waals surface area contributed by atoms with Gasteiger partial charge in [-0.25, -0.2) is 39.7 Å². The number of fused-ring (bicyclic) bond motifs is 5. The molecule has 15 aromatic rings. The molecule has 135 heavy (non-hydrogen) atoms. The number of nitrogens with one attached hydrogen (secondary N) is 1. The number of nitrogens with two attached hydrogens (primary N) is 3. The van der Waals surface area contributed by atoms with Crippen LogP contribution in [-0.2, 0) is 54.8 Å². The number of carbonyl (C=O) groups excluding carboxylic acids is 4. The smallest absolute Gasteiger partial charge is 0.468 e. The number of methoxy groups -OCH3 is 2. The number of benzene rings is 9. The lowest BCUT2D eigenvalue weighted by Crippen LogP contribution is -2.29. The minimum atomic E-state index is -1.34. The van der Waals surface area contributed by atoms with Crippen LogP contribution in [0.4, 0.5) is 51.2 Å². The van der Waals surface area contributed by atoms with Crippen molar-refractivity contribution in [1.82, 2.24) is 58.1 Å². The summed E-state index contributed by atoms with van der Waals surface area (Å²) < 4.78 is 18.1. The number of Topliss-reactive ketones (excluding diaryl/α,β-unsaturated/α-hetero) is 2. The maximum atomic E-state index is 11.4. The third-order valence-corrected chi connectivity index (χ3v) is 21.4. The Balaban J connectivity index is 0.000000236. The number of carbonyl (C=O) groups is 4. The Hall–Kier alpha value is -13.9. The maximum absolute atomic E-state index is 11.4. The number of aliphatic hydroxyl groups is 3. The van der Waals surface area contributed by atoms with Crippen molar-refractivity contribution in [2.45, 2.75) is 81.1 Å². The Labute approximate surface area is 814 Å². The summed E-state index contributed by atoms with van der Waals surface area (Å²) in [7, 11) is 1.30. The number of hydrogen-bond acceptors (Lipinski definition) is 31. The van der Waals surface area contributed by atoms with Crippen molar-refractivity contribution < 1.29 is 78.6 Å². The summed E-state index contributed by atoms with van der Waals surface area (Å²) in [5.74, 6) is 2.84. The highest BCUT2D eigenvalue weighted by atomic mass is 79.9. The monoisotopic (exact) mass is 2190 g/mol. The van der Waals surface area contributed by atoms with E-state index in [0.29, 0.717) is 110 Å². The van der Waals surface area contributed by atoms with E-state index >= 15 is 0 Å². The minimum absolute atomic E-state index is 0.00321. The number of ether oxygens (including phenoxy) is 2. The molecule has 49 heteroatoms. The van der Waals surface area contributed by atoms with Crippen molar-refractivity contribution >= 4 is 234 Å². The Morgan fingerprint density at radius 1 is 0.489 bits per heavy atom. The number of imidazole rings is 5. The number of ketones is 2. The highest BCUT2D eigenvalue weighted by Crippen LogP contribution is 2.37. The van der Waals surface area contributed by atoms with Crippen LogP contribution in [0.25, 0.3) is 82.3 Å². The van der Waals surface area contributed by atoms with Crippen molar-refractivity contribution in [3.8, 4) is 22.3 Å². The predicted molar refractivity (Wildman–Crippen MR) is 528 cm³/mol. The molecule has 12 N–H and O–H groups in total. The van der Waals surface area contributed by atoms with Gasteiger partial charge in [0.25, 0.3) is 28.4 Å². The highest BCUT2D eigenvalue weighted by Gasteiger charge is 2.23. The van der Waals surface area contributed by atoms with Gasteiger partial charge in [-0.2, -0.15) is 0 Å². The molecule has 0 aliphatic carbocycles. The molecule has 0 bridgehead atoms. The van der Waals surface area contributed by atoms with Crippen LogP contribution in [0.3, 0.4) is 0 Å². The number of nitro benzene ring substituents is 5. The Bertz CT molecular complexity index is 6750. The number of aromatic nitrogens is 12. The van der Waals surface area contributed by atoms with Crippen LogP contribution in [0.5, 0.6) is 0 Å². The van der Waals surface area contributed by atoms with E-state index in [1.54, 1.807) is 64.8 Å². The van der Waals surface area contributed by atoms with Crippen LogP contribution in [0, 0.1) is 91.8 Å². The number of nitrogens with zero attached hydrogens (tertiary/aromatic N) is 17. The van der Waals surface area contributed by atoms with E-state index in [1.165, 1.54) is 95.1 Å². The maximum Gasteiger partial charge on any atom is 0.488 e. The van der Waals surface area contributed by atoms with E-state index in [0.717, 1.165) is 56.6 Å². The van der Waals surface area contributed by atoms with Crippen LogP contribution in [0.1, 0.15) is 49.4 Å². The Kier molecular flexibility index (Phi) is 43.3. The number of aromatic amines is 1. The standard InChI is InChI=1S/C16H15N3O3.C16H17N3O.C11H10BrN3O4.C10H10BrN3O3.C8H6BrN3O2.C6H7BO2.C6H6BrN3O2.C5H2ClN3.C5H8O2.C3H5BrO2/c1-11-17-16-14(12-5-3-2-4-6-12)9-13(19(21)22)10-15(16)18(11)7-8-20;1-11-18-16-14(12-5-3-2-4-6-12)9-13(17)10-15(16)19(11)7-8-20;1-6-13-11-8(12)3-7(15(17)18)4-9(11)14(6)5-10(16)19-2;1-6-12-10-8(11)4-7(14(16)17)5-9(10)13(6)2-3-15;1-4-10-7-3-5(12(13)14)2-6(9)8(7)11-4;8-7(9)6-4-2-1-3-5-6;7-4-1-3(10(11)12)2-5(8)6(4)9;1-7-4-2-8-5(6)9-3-4;1-4(6)3-5(2)7;1-6-3(5)2-4/h2-6,9-10,20H,7-8H2,1H3;2-6,9-10,20H,7-8,17H2,1H3;3-4H,5H2,1-2H3;4-5,15H,2-3H2,1H3;2-3H,1H3,(H,10,11);1-5,8-9H;1-2H,8-9H2;2-3H;3H2,1-2H3;2H2,1H3. The van der Waals surface area contributed by atoms with E-state index in [1.807, 2.05) is 85.1 Å². The second kappa shape index (κ2) is 53.1. The number of nitro groups is 5. The number of aliphatic hydroxyl groups excluding tert-OH is 3. The van der Waals surface area contributed by atoms with Gasteiger partial charge in [0.1, 0.15) is 69.1 Å². The quantitative estimate of drug-likeness (QED) is 0.00418. The molecule has 0 unspecified atom stereocenters. The van der Waals surface area contributed by atoms with Crippen LogP contribution in [0.2, 0.25) is 5.28 Å². The number of non-ortho nitro benzene ring substituents is 5. The fourth-order valence-electron chi connectivity index (χ4n) is 12.2. The van der Waals surface area contributed by atoms with E-state index in [2.05, 4.69) is 146 Å². The molecule has 0 spiro atoms. The zero-order valence-electron chi connectivity index (χ0n) is 73.1. The second-order valence-corrected chi connectivity index (χ2v) is 32.1. The van der Waals surface area contributed by atoms with Crippen molar-refractivity contribution in [1.29, 1.82) is 0 Å². The number of hydrogen-bond donors (Lipinski definition) is 9. The number of alkyl halides is 1. The van der Waals surface area contributed by atoms with Crippen LogP contribution in [0.15, 0.2) is 194 Å². The van der Waals surface area contributed by atoms with E-state index in [-0.39, 0.29) is 95.1 Å². The van der Waals surface area contributed by atoms with Crippen LogP contribution in [-0.4, -0.2) is 178 Å². The molecule has 6 heterocycles. The summed E-state index contributed by atoms with van der Waals surface area (Å²) in [6.45, 7) is 19.7. The van der Waals surface area contributed by atoms with Gasteiger partial charge in [0, 0.05) is 114 Å². The van der Waals surface area contributed by atoms with Gasteiger partial charge in [-0.05, 0) is 153 Å². The molecule has 0 radical (unpaired) electrons. The Morgan fingerprint density at radius 2 is 0.844 bits per heavy atom. The number of rotatable bonds is 19. The first-order valence-corrected chi connectivity index (χ1v) is 43.8. The zero-order chi connectivity index (χ0) is 100. The van der Waals surface area contributed by atoms with Gasteiger partial charge in [0.15, 0.2) is 0 Å². The largest absolute Gasteiger partial charge is 0.488 e. The first-order valence-electron chi connectivity index (χ1n) is 39.2. The molecule has 0 saturated carbocycles. The SMILES string of the molecule is CC(=O)CC(C)=O.COC(=O)CBr.COC(=O)Cn1c(C)nc2c(Br)cc([N+](=O)[O-])cc21.Cc1nc2c(-c3ccccc3)cc(N)cc2n1CCO.Cc1nc2c(-c3ccccc3)cc([N+](=O)[O-])cc2n1CCO.Cc1nc2c(Br)cc([N+](=O)[O-])cc2[nH]1.Cc1nc2c(Br)cc([N+](=O)[O-])cc2n1CCO.Nc1cc([N+](=O)[O-])cc(Br)c1N.OB(O)c1ccccc1.[C-]#[N+]c1cnc(Cl)nc1. The number of aryl methyl sites for hydroxylation is 5. The van der Waals surface area contributed by atoms with Crippen molar-refractivity contribution in [2.75, 3.05) is 56.6 Å². The fourth-order valence-corrected chi connectivity index (χ4v) is 14.6. The van der Waals surface area contributed by atoms with Gasteiger partial charge in [-0.15, -0.1) is 0 Å². The Morgan fingerprint density at radius 3 is 1.21 bits per heavy atom. The summed E-state index contributed by atoms with van der Waals surface area (Å²) in [6.07, 6.45) is 2.84. The molecule has 9 aromatic carbocycles. The fraction of sp³-hybridized carbons (Fsp3) is 0.209. The van der Waals surface area contributed by atoms with Crippen LogP contribution >= 0.6 is 91.3 Å². The number of H-pyrrole nitrogens is 1. The molecule has 6 aromatic heterocycles. The van der Waals surface area contributed by atoms with Crippen molar-refractivity contribution in [3.63, 3.8) is 0 Å². The number of halogens is 6. The summed E-state index contributed by atoms with van der Waals surface area (Å²) in [6, 6.07) is 46.3. The number of nitrogen functional groups attached to an aromatic ring is 3. The normalized spacial score (nSPS) is 10.2. The third-order valence-electron chi connectivity index (χ3n) is 18.2. The zero-order valence-corrected chi connectivity index (χ0v) is 81.7. The van der Waals surface area contributed by atoms with Crippen molar-refractivity contribution in [2.24, 2.45) is 0 Å². The highest BCUT2D eigenvalue weighted by molar-refractivity contribution is 9.11. The lowest BCUT2D eigenvalue weighted by atomic mass is 9.81. The van der Waals surface area contributed by atoms with Gasteiger partial charge < -0.3 is 75.3 Å². The van der Waals surface area contributed by atoms with E-state index in [4.69, 9.17) is 50.5 Å². The molecule has 0 aliphatic heterocycles. The lowest BCUT2D eigenvalue weighted by Gasteiger charge is -2.07. The lowest BCUT2D eigenvalue weighted by molar-refractivity contribution is -0.385. The van der Waals surface area contributed by atoms with Gasteiger partial charge in [0.05, 0.1) is 135 Å². The number of anilines is 3. The number of esters is 2. The van der Waals surface area contributed by atoms with E-state index < -0.39 is 37.7 Å². The van der Waals surface area contributed by atoms with Gasteiger partial charge in [0.2, 0.25) is 11.0 Å². The van der Waals surface area contributed by atoms with Gasteiger partial charge in [-0.1, -0.05) is 107 Å². The average Bonchev–Trinajstić information content (AvgIpc) is 1.63. The molecule has 0 saturated heterocycles. The summed E-state index contributed by atoms with van der Waals surface area (Å²) >= 11 is 21.1. The first-order chi connectivity index (χ1) is 64.0. The molecule has 15 rings (SSSR count). The predicted octanol–water partition coefficient (Wildman–Crippen LogP) is 15.9. The average molecular weight is 2200 g/mol. The van der Waals surface area contributed by atoms with Crippen molar-refractivity contribution in [3.05, 3.63) is 290 Å². The van der Waals surface area contributed by atoms with Crippen LogP contribution < -0.4 is 22.7 Å². The molecular formula is C86H86BBr5ClN21O21. The topological polar surface area (TPSA) is 612 Å². The molecule has 0 fully saturated rings. The molecular weight excluding hydrogens is 2110 g/mol. The van der Waals surface area contributed by atoms with Gasteiger partial charge in [-0.3, -0.25) is 69.7 Å². The summed E-state index contributed by atoms with van der Waals surface area (Å²) in [5.41, 5.74) is 29.8.